The van der Waals surface area contributed by atoms with Gasteiger partial charge in [0, 0.05) is 19.6 Å². The highest BCUT2D eigenvalue weighted by molar-refractivity contribution is 5.92. The lowest BCUT2D eigenvalue weighted by Crippen LogP contribution is -2.61. The Hall–Kier alpha value is -2.47. The van der Waals surface area contributed by atoms with Crippen LogP contribution in [0.15, 0.2) is 42.5 Å². The summed E-state index contributed by atoms with van der Waals surface area (Å²) in [5, 5.41) is 20.6. The van der Waals surface area contributed by atoms with Gasteiger partial charge in [-0.3, -0.25) is 4.79 Å². The summed E-state index contributed by atoms with van der Waals surface area (Å²) >= 11 is 0. The molecule has 1 aromatic carbocycles. The molecule has 6 heteroatoms. The Morgan fingerprint density at radius 1 is 1.22 bits per heavy atom. The number of anilines is 1. The quantitative estimate of drug-likeness (QED) is 0.860. The maximum absolute atomic E-state index is 11.7. The molecule has 3 rings (SSSR count). The number of carbonyl (C=O) groups is 1. The van der Waals surface area contributed by atoms with E-state index in [0.717, 1.165) is 11.4 Å². The van der Waals surface area contributed by atoms with Gasteiger partial charge in [-0.05, 0) is 24.6 Å². The van der Waals surface area contributed by atoms with E-state index in [9.17, 15) is 9.90 Å². The molecule has 0 radical (unpaired) electrons. The molecule has 1 aromatic heterocycles. The standard InChI is InChI=1S/C17H20N4O2/c1-2-18-16(23)14-8-9-15(20-19-14)21-10-17(11-21,12-22)13-6-4-3-5-7-13/h3-9,22H,2,10-12H2,1H3,(H,18,23). The van der Waals surface area contributed by atoms with Gasteiger partial charge in [0.25, 0.3) is 5.91 Å². The molecule has 0 unspecified atom stereocenters. The van der Waals surface area contributed by atoms with Crippen molar-refractivity contribution < 1.29 is 9.90 Å². The Morgan fingerprint density at radius 2 is 1.96 bits per heavy atom. The number of aliphatic hydroxyl groups excluding tert-OH is 1. The summed E-state index contributed by atoms with van der Waals surface area (Å²) in [7, 11) is 0. The fraction of sp³-hybridized carbons (Fsp3) is 0.353. The van der Waals surface area contributed by atoms with Crippen LogP contribution in [0.4, 0.5) is 5.82 Å². The van der Waals surface area contributed by atoms with E-state index < -0.39 is 0 Å². The van der Waals surface area contributed by atoms with Gasteiger partial charge in [0.2, 0.25) is 0 Å². The summed E-state index contributed by atoms with van der Waals surface area (Å²) in [6.07, 6.45) is 0. The summed E-state index contributed by atoms with van der Waals surface area (Å²) < 4.78 is 0. The van der Waals surface area contributed by atoms with Gasteiger partial charge < -0.3 is 15.3 Å². The molecular weight excluding hydrogens is 292 g/mol. The highest BCUT2D eigenvalue weighted by atomic mass is 16.3. The molecule has 2 heterocycles. The van der Waals surface area contributed by atoms with Gasteiger partial charge in [0.15, 0.2) is 11.5 Å². The monoisotopic (exact) mass is 312 g/mol. The highest BCUT2D eigenvalue weighted by Gasteiger charge is 2.44. The molecule has 1 amide bonds. The molecule has 0 saturated carbocycles. The van der Waals surface area contributed by atoms with E-state index >= 15 is 0 Å². The SMILES string of the molecule is CCNC(=O)c1ccc(N2CC(CO)(c3ccccc3)C2)nn1. The Bertz CT molecular complexity index is 667. The van der Waals surface area contributed by atoms with Crippen molar-refractivity contribution in [3.8, 4) is 0 Å². The highest BCUT2D eigenvalue weighted by Crippen LogP contribution is 2.36. The van der Waals surface area contributed by atoms with Crippen molar-refractivity contribution in [2.45, 2.75) is 12.3 Å². The minimum atomic E-state index is -0.249. The van der Waals surface area contributed by atoms with Crippen LogP contribution < -0.4 is 10.2 Å². The van der Waals surface area contributed by atoms with Crippen molar-refractivity contribution in [1.82, 2.24) is 15.5 Å². The lowest BCUT2D eigenvalue weighted by atomic mass is 9.74. The number of amides is 1. The third kappa shape index (κ3) is 2.90. The number of carbonyl (C=O) groups excluding carboxylic acids is 1. The van der Waals surface area contributed by atoms with Crippen molar-refractivity contribution in [1.29, 1.82) is 0 Å². The summed E-state index contributed by atoms with van der Waals surface area (Å²) in [6.45, 7) is 3.88. The first kappa shape index (κ1) is 15.4. The lowest BCUT2D eigenvalue weighted by Gasteiger charge is -2.50. The zero-order valence-corrected chi connectivity index (χ0v) is 13.1. The van der Waals surface area contributed by atoms with E-state index in [1.165, 1.54) is 0 Å². The second-order valence-electron chi connectivity index (χ2n) is 5.80. The zero-order chi connectivity index (χ0) is 16.3. The number of rotatable bonds is 5. The minimum absolute atomic E-state index is 0.0952. The van der Waals surface area contributed by atoms with Crippen LogP contribution in [0.2, 0.25) is 0 Å². The van der Waals surface area contributed by atoms with Crippen molar-refractivity contribution in [3.05, 3.63) is 53.7 Å². The van der Waals surface area contributed by atoms with Crippen LogP contribution in [0.3, 0.4) is 0 Å². The number of nitrogens with one attached hydrogen (secondary N) is 1. The number of nitrogens with zero attached hydrogens (tertiary/aromatic N) is 3. The molecule has 1 aliphatic rings. The van der Waals surface area contributed by atoms with E-state index in [4.69, 9.17) is 0 Å². The van der Waals surface area contributed by atoms with Gasteiger partial charge in [0.1, 0.15) is 0 Å². The number of hydrogen-bond acceptors (Lipinski definition) is 5. The first-order valence-electron chi connectivity index (χ1n) is 7.72. The molecule has 6 nitrogen and oxygen atoms in total. The molecule has 0 atom stereocenters. The average molecular weight is 312 g/mol. The van der Waals surface area contributed by atoms with Gasteiger partial charge >= 0.3 is 0 Å². The van der Waals surface area contributed by atoms with Crippen molar-refractivity contribution in [3.63, 3.8) is 0 Å². The second kappa shape index (κ2) is 6.34. The Morgan fingerprint density at radius 3 is 2.52 bits per heavy atom. The predicted molar refractivity (Wildman–Crippen MR) is 87.5 cm³/mol. The third-order valence-corrected chi connectivity index (χ3v) is 4.22. The van der Waals surface area contributed by atoms with Crippen molar-refractivity contribution in [2.75, 3.05) is 31.1 Å². The molecule has 0 bridgehead atoms. The summed E-state index contributed by atoms with van der Waals surface area (Å²) in [5.41, 5.74) is 1.19. The average Bonchev–Trinajstić information content (AvgIpc) is 2.56. The predicted octanol–water partition coefficient (Wildman–Crippen LogP) is 0.977. The third-order valence-electron chi connectivity index (χ3n) is 4.22. The minimum Gasteiger partial charge on any atom is -0.395 e. The maximum Gasteiger partial charge on any atom is 0.271 e. The topological polar surface area (TPSA) is 78.4 Å². The van der Waals surface area contributed by atoms with Crippen LogP contribution in [0, 0.1) is 0 Å². The summed E-state index contributed by atoms with van der Waals surface area (Å²) in [5.74, 6) is 0.502. The molecule has 0 spiro atoms. The van der Waals surface area contributed by atoms with Crippen LogP contribution in [0.25, 0.3) is 0 Å². The van der Waals surface area contributed by atoms with Crippen LogP contribution in [0.1, 0.15) is 23.0 Å². The lowest BCUT2D eigenvalue weighted by molar-refractivity contribution is 0.0950. The number of aromatic nitrogens is 2. The van der Waals surface area contributed by atoms with Gasteiger partial charge in [-0.2, -0.15) is 0 Å². The molecule has 1 saturated heterocycles. The van der Waals surface area contributed by atoms with Gasteiger partial charge in [-0.15, -0.1) is 10.2 Å². The van der Waals surface area contributed by atoms with E-state index in [-0.39, 0.29) is 17.9 Å². The summed E-state index contributed by atoms with van der Waals surface area (Å²) in [6, 6.07) is 13.5. The Kier molecular flexibility index (Phi) is 4.25. The Balaban J connectivity index is 1.70. The number of benzene rings is 1. The Labute approximate surface area is 135 Å². The van der Waals surface area contributed by atoms with E-state index in [2.05, 4.69) is 20.4 Å². The first-order valence-corrected chi connectivity index (χ1v) is 7.72. The van der Waals surface area contributed by atoms with E-state index in [1.54, 1.807) is 12.1 Å². The maximum atomic E-state index is 11.7. The molecular formula is C17H20N4O2. The molecule has 1 aliphatic heterocycles. The van der Waals surface area contributed by atoms with Crippen LogP contribution in [-0.2, 0) is 5.41 Å². The molecule has 1 fully saturated rings. The largest absolute Gasteiger partial charge is 0.395 e. The van der Waals surface area contributed by atoms with Gasteiger partial charge in [-0.1, -0.05) is 30.3 Å². The second-order valence-corrected chi connectivity index (χ2v) is 5.80. The van der Waals surface area contributed by atoms with Crippen molar-refractivity contribution >= 4 is 11.7 Å². The molecule has 120 valence electrons. The molecule has 0 aliphatic carbocycles. The molecule has 2 N–H and O–H groups in total. The number of hydrogen-bond donors (Lipinski definition) is 2. The molecule has 2 aromatic rings. The van der Waals surface area contributed by atoms with E-state index in [1.807, 2.05) is 37.3 Å². The van der Waals surface area contributed by atoms with Crippen LogP contribution in [0.5, 0.6) is 0 Å². The number of aliphatic hydroxyl groups is 1. The fourth-order valence-electron chi connectivity index (χ4n) is 2.88. The van der Waals surface area contributed by atoms with Gasteiger partial charge in [-0.25, -0.2) is 0 Å². The smallest absolute Gasteiger partial charge is 0.271 e. The van der Waals surface area contributed by atoms with E-state index in [0.29, 0.717) is 25.3 Å². The molecule has 23 heavy (non-hydrogen) atoms. The zero-order valence-electron chi connectivity index (χ0n) is 13.1. The fourth-order valence-corrected chi connectivity index (χ4v) is 2.88. The van der Waals surface area contributed by atoms with Crippen LogP contribution >= 0.6 is 0 Å². The van der Waals surface area contributed by atoms with Crippen molar-refractivity contribution in [2.24, 2.45) is 0 Å². The van der Waals surface area contributed by atoms with Gasteiger partial charge in [0.05, 0.1) is 12.0 Å². The first-order chi connectivity index (χ1) is 11.2. The summed E-state index contributed by atoms with van der Waals surface area (Å²) in [4.78, 5) is 13.7. The van der Waals surface area contributed by atoms with Crippen LogP contribution in [-0.4, -0.2) is 47.5 Å². The normalized spacial score (nSPS) is 15.8.